The summed E-state index contributed by atoms with van der Waals surface area (Å²) in [6, 6.07) is 4.30. The van der Waals surface area contributed by atoms with Crippen molar-refractivity contribution in [3.8, 4) is 0 Å². The van der Waals surface area contributed by atoms with Gasteiger partial charge in [-0.3, -0.25) is 5.10 Å². The predicted octanol–water partition coefficient (Wildman–Crippen LogP) is 4.11. The third kappa shape index (κ3) is 6.82. The zero-order valence-electron chi connectivity index (χ0n) is 20.6. The Morgan fingerprint density at radius 3 is 2.62 bits per heavy atom. The summed E-state index contributed by atoms with van der Waals surface area (Å²) >= 11 is 0. The zero-order valence-corrected chi connectivity index (χ0v) is 20.6. The molecule has 0 radical (unpaired) electrons. The Hall–Kier alpha value is -2.88. The van der Waals surface area contributed by atoms with E-state index >= 15 is 0 Å². The number of hydrogen-bond donors (Lipinski definition) is 3. The Bertz CT molecular complexity index is 946. The molecule has 10 nitrogen and oxygen atoms in total. The maximum atomic E-state index is 12.1. The highest BCUT2D eigenvalue weighted by atomic mass is 16.6. The molecule has 0 aliphatic heterocycles. The smallest absolute Gasteiger partial charge is 0.407 e. The molecule has 2 aliphatic rings. The molecule has 186 valence electrons. The van der Waals surface area contributed by atoms with E-state index in [0.717, 1.165) is 31.5 Å². The van der Waals surface area contributed by atoms with Crippen LogP contribution in [0, 0.1) is 0 Å². The van der Waals surface area contributed by atoms with Crippen molar-refractivity contribution in [3.05, 3.63) is 24.0 Å². The monoisotopic (exact) mass is 471 g/mol. The van der Waals surface area contributed by atoms with E-state index in [1.807, 2.05) is 26.8 Å². The lowest BCUT2D eigenvalue weighted by Crippen LogP contribution is -2.46. The van der Waals surface area contributed by atoms with Gasteiger partial charge in [-0.1, -0.05) is 0 Å². The SMILES string of the molecule is COCCN(c1nccc(Nc2cc(C3CC3)[nH]n2)n1)C1CCC(NC(=O)OC(C)(C)C)CC1. The first-order valence-electron chi connectivity index (χ1n) is 12.2. The summed E-state index contributed by atoms with van der Waals surface area (Å²) in [5.41, 5.74) is 0.680. The van der Waals surface area contributed by atoms with Gasteiger partial charge in [-0.15, -0.1) is 0 Å². The fourth-order valence-electron chi connectivity index (χ4n) is 4.33. The minimum absolute atomic E-state index is 0.115. The Labute approximate surface area is 201 Å². The third-order valence-corrected chi connectivity index (χ3v) is 6.17. The van der Waals surface area contributed by atoms with Crippen molar-refractivity contribution >= 4 is 23.7 Å². The highest BCUT2D eigenvalue weighted by Gasteiger charge is 2.29. The van der Waals surface area contributed by atoms with Crippen molar-refractivity contribution in [3.63, 3.8) is 0 Å². The molecule has 0 unspecified atom stereocenters. The lowest BCUT2D eigenvalue weighted by molar-refractivity contribution is 0.0491. The van der Waals surface area contributed by atoms with Crippen LogP contribution in [0.3, 0.4) is 0 Å². The Kier molecular flexibility index (Phi) is 7.55. The number of nitrogens with zero attached hydrogens (tertiary/aromatic N) is 4. The number of nitrogens with one attached hydrogen (secondary N) is 3. The predicted molar refractivity (Wildman–Crippen MR) is 131 cm³/mol. The van der Waals surface area contributed by atoms with Crippen LogP contribution in [0.25, 0.3) is 0 Å². The molecule has 2 aromatic heterocycles. The molecule has 0 saturated heterocycles. The summed E-state index contributed by atoms with van der Waals surface area (Å²) in [6.07, 6.45) is 7.48. The van der Waals surface area contributed by atoms with E-state index in [1.165, 1.54) is 18.5 Å². The molecule has 2 aliphatic carbocycles. The second kappa shape index (κ2) is 10.6. The maximum absolute atomic E-state index is 12.1. The molecule has 10 heteroatoms. The fourth-order valence-corrected chi connectivity index (χ4v) is 4.33. The number of aromatic amines is 1. The maximum Gasteiger partial charge on any atom is 0.407 e. The molecule has 0 aromatic carbocycles. The number of methoxy groups -OCH3 is 1. The van der Waals surface area contributed by atoms with Crippen LogP contribution in [0.1, 0.15) is 70.9 Å². The lowest BCUT2D eigenvalue weighted by Gasteiger charge is -2.37. The minimum atomic E-state index is -0.496. The Balaban J connectivity index is 1.37. The van der Waals surface area contributed by atoms with Crippen LogP contribution in [-0.4, -0.2) is 64.2 Å². The van der Waals surface area contributed by atoms with E-state index in [4.69, 9.17) is 14.5 Å². The number of carbonyl (C=O) groups excluding carboxylic acids is 1. The molecule has 3 N–H and O–H groups in total. The van der Waals surface area contributed by atoms with Gasteiger partial charge in [0.05, 0.1) is 6.61 Å². The summed E-state index contributed by atoms with van der Waals surface area (Å²) in [5.74, 6) is 2.77. The molecule has 0 bridgehead atoms. The summed E-state index contributed by atoms with van der Waals surface area (Å²) < 4.78 is 10.8. The number of ether oxygens (including phenoxy) is 2. The standard InChI is InChI=1S/C24H37N7O3/c1-24(2,3)34-23(32)26-17-7-9-18(10-8-17)31(13-14-33-4)22-25-12-11-20(28-22)27-21-15-19(29-30-21)16-5-6-16/h11-12,15-18H,5-10,13-14H2,1-4H3,(H,26,32)(H2,25,27,28,29,30). The van der Waals surface area contributed by atoms with Gasteiger partial charge in [0.15, 0.2) is 5.82 Å². The van der Waals surface area contributed by atoms with Crippen LogP contribution in [0.4, 0.5) is 22.4 Å². The summed E-state index contributed by atoms with van der Waals surface area (Å²) in [4.78, 5) is 23.7. The second-order valence-electron chi connectivity index (χ2n) is 10.2. The molecule has 2 aromatic rings. The topological polar surface area (TPSA) is 117 Å². The molecule has 1 amide bonds. The van der Waals surface area contributed by atoms with Crippen LogP contribution in [0.2, 0.25) is 0 Å². The molecular formula is C24H37N7O3. The summed E-state index contributed by atoms with van der Waals surface area (Å²) in [5, 5.41) is 13.8. The number of aromatic nitrogens is 4. The molecular weight excluding hydrogens is 434 g/mol. The van der Waals surface area contributed by atoms with Crippen LogP contribution >= 0.6 is 0 Å². The molecule has 0 spiro atoms. The van der Waals surface area contributed by atoms with E-state index < -0.39 is 5.60 Å². The number of hydrogen-bond acceptors (Lipinski definition) is 8. The number of rotatable bonds is 9. The fraction of sp³-hybridized carbons (Fsp3) is 0.667. The number of H-pyrrole nitrogens is 1. The molecule has 2 fully saturated rings. The van der Waals surface area contributed by atoms with Crippen molar-refractivity contribution < 1.29 is 14.3 Å². The molecule has 2 heterocycles. The van der Waals surface area contributed by atoms with Crippen LogP contribution < -0.4 is 15.5 Å². The summed E-state index contributed by atoms with van der Waals surface area (Å²) in [6.45, 7) is 6.90. The molecule has 34 heavy (non-hydrogen) atoms. The van der Waals surface area contributed by atoms with Gasteiger partial charge in [0.2, 0.25) is 5.95 Å². The first-order chi connectivity index (χ1) is 16.3. The Morgan fingerprint density at radius 2 is 1.94 bits per heavy atom. The quantitative estimate of drug-likeness (QED) is 0.500. The van der Waals surface area contributed by atoms with Crippen molar-refractivity contribution in [1.29, 1.82) is 0 Å². The number of anilines is 3. The van der Waals surface area contributed by atoms with Crippen molar-refractivity contribution in [2.45, 2.75) is 82.9 Å². The van der Waals surface area contributed by atoms with Gasteiger partial charge in [0.1, 0.15) is 11.4 Å². The van der Waals surface area contributed by atoms with E-state index in [2.05, 4.69) is 36.8 Å². The van der Waals surface area contributed by atoms with E-state index in [-0.39, 0.29) is 18.2 Å². The van der Waals surface area contributed by atoms with Crippen LogP contribution in [0.5, 0.6) is 0 Å². The molecule has 4 rings (SSSR count). The lowest BCUT2D eigenvalue weighted by atomic mass is 9.90. The van der Waals surface area contributed by atoms with Gasteiger partial charge in [-0.05, 0) is 65.4 Å². The van der Waals surface area contributed by atoms with Gasteiger partial charge >= 0.3 is 6.09 Å². The average Bonchev–Trinajstić information content (AvgIpc) is 3.53. The highest BCUT2D eigenvalue weighted by molar-refractivity contribution is 5.68. The zero-order chi connectivity index (χ0) is 24.1. The van der Waals surface area contributed by atoms with E-state index in [1.54, 1.807) is 13.3 Å². The van der Waals surface area contributed by atoms with Gasteiger partial charge < -0.3 is 25.0 Å². The normalized spacial score (nSPS) is 20.6. The number of alkyl carbamates (subject to hydrolysis) is 1. The number of amides is 1. The Morgan fingerprint density at radius 1 is 1.18 bits per heavy atom. The molecule has 0 atom stereocenters. The van der Waals surface area contributed by atoms with Crippen LogP contribution in [-0.2, 0) is 9.47 Å². The minimum Gasteiger partial charge on any atom is -0.444 e. The first kappa shape index (κ1) is 24.3. The van der Waals surface area contributed by atoms with E-state index in [9.17, 15) is 4.79 Å². The third-order valence-electron chi connectivity index (χ3n) is 6.17. The van der Waals surface area contributed by atoms with Gasteiger partial charge in [-0.2, -0.15) is 10.1 Å². The first-order valence-corrected chi connectivity index (χ1v) is 12.2. The summed E-state index contributed by atoms with van der Waals surface area (Å²) in [7, 11) is 1.70. The van der Waals surface area contributed by atoms with Crippen LogP contribution in [0.15, 0.2) is 18.3 Å². The second-order valence-corrected chi connectivity index (χ2v) is 10.2. The van der Waals surface area contributed by atoms with Crippen molar-refractivity contribution in [2.75, 3.05) is 30.5 Å². The van der Waals surface area contributed by atoms with Gasteiger partial charge in [0, 0.05) is 49.6 Å². The molecule has 2 saturated carbocycles. The largest absolute Gasteiger partial charge is 0.444 e. The highest BCUT2D eigenvalue weighted by Crippen LogP contribution is 2.39. The van der Waals surface area contributed by atoms with Gasteiger partial charge in [-0.25, -0.2) is 9.78 Å². The van der Waals surface area contributed by atoms with Crippen molar-refractivity contribution in [1.82, 2.24) is 25.5 Å². The average molecular weight is 472 g/mol. The van der Waals surface area contributed by atoms with Crippen molar-refractivity contribution in [2.24, 2.45) is 0 Å². The van der Waals surface area contributed by atoms with E-state index in [0.29, 0.717) is 30.8 Å². The van der Waals surface area contributed by atoms with Gasteiger partial charge in [0.25, 0.3) is 0 Å². The number of carbonyl (C=O) groups is 1.